The van der Waals surface area contributed by atoms with Crippen LogP contribution in [0.15, 0.2) is 24.3 Å². The molecule has 0 saturated heterocycles. The van der Waals surface area contributed by atoms with Crippen molar-refractivity contribution in [3.8, 4) is 0 Å². The molecule has 0 heterocycles. The molecular formula is C6H4BCaF. The molecule has 0 spiro atoms. The van der Waals surface area contributed by atoms with Crippen LogP contribution in [0.3, 0.4) is 0 Å². The molecule has 0 unspecified atom stereocenters. The van der Waals surface area contributed by atoms with E-state index in [9.17, 15) is 4.39 Å². The Bertz CT molecular complexity index is 152. The van der Waals surface area contributed by atoms with Crippen molar-refractivity contribution in [2.24, 2.45) is 0 Å². The number of rotatable bonds is 0. The maximum atomic E-state index is 12.0. The molecule has 3 heteroatoms. The summed E-state index contributed by atoms with van der Waals surface area (Å²) in [6, 6.07) is 5.70. The van der Waals surface area contributed by atoms with Crippen molar-refractivity contribution >= 4 is 51.0 Å². The Labute approximate surface area is 84.9 Å². The molecule has 1 aromatic rings. The van der Waals surface area contributed by atoms with Crippen LogP contribution in [0.4, 0.5) is 4.39 Å². The summed E-state index contributed by atoms with van der Waals surface area (Å²) in [4.78, 5) is 0. The first kappa shape index (κ1) is 9.47. The van der Waals surface area contributed by atoms with Gasteiger partial charge in [-0.1, -0.05) is 17.6 Å². The number of hydrogen-bond acceptors (Lipinski definition) is 0. The number of halogens is 1. The molecule has 0 aliphatic carbocycles. The minimum atomic E-state index is -0.251. The average molecular weight is 146 g/mol. The largest absolute Gasteiger partial charge is 0.207 e. The molecule has 0 aliphatic heterocycles. The molecule has 0 saturated carbocycles. The fourth-order valence-corrected chi connectivity index (χ4v) is 0.463. The first-order chi connectivity index (χ1) is 3.79. The van der Waals surface area contributed by atoms with Gasteiger partial charge in [-0.05, 0) is 12.1 Å². The summed E-state index contributed by atoms with van der Waals surface area (Å²) in [6.45, 7) is 0. The Kier molecular flexibility index (Phi) is 4.54. The maximum absolute atomic E-state index is 12.0. The minimum Gasteiger partial charge on any atom is -0.207 e. The first-order valence-corrected chi connectivity index (χ1v) is 2.30. The van der Waals surface area contributed by atoms with Gasteiger partial charge in [0.15, 0.2) is 0 Å². The Balaban J connectivity index is 0.000000640. The van der Waals surface area contributed by atoms with Crippen LogP contribution < -0.4 is 5.46 Å². The van der Waals surface area contributed by atoms with Gasteiger partial charge in [0, 0.05) is 37.7 Å². The molecule has 4 radical (unpaired) electrons. The molecule has 0 amide bonds. The Morgan fingerprint density at radius 3 is 1.89 bits per heavy atom. The topological polar surface area (TPSA) is 0 Å². The van der Waals surface area contributed by atoms with Crippen LogP contribution in [0, 0.1) is 5.82 Å². The first-order valence-electron chi connectivity index (χ1n) is 2.30. The van der Waals surface area contributed by atoms with Crippen molar-refractivity contribution in [1.29, 1.82) is 0 Å². The van der Waals surface area contributed by atoms with Crippen molar-refractivity contribution in [1.82, 2.24) is 0 Å². The van der Waals surface area contributed by atoms with Crippen molar-refractivity contribution < 1.29 is 4.39 Å². The van der Waals surface area contributed by atoms with Crippen LogP contribution in [-0.4, -0.2) is 45.6 Å². The van der Waals surface area contributed by atoms with E-state index in [0.29, 0.717) is 5.46 Å². The van der Waals surface area contributed by atoms with Crippen LogP contribution in [-0.2, 0) is 0 Å². The SMILES string of the molecule is [B]c1ccc(F)cc1.[Ca]. The fourth-order valence-electron chi connectivity index (χ4n) is 0.463. The van der Waals surface area contributed by atoms with Crippen molar-refractivity contribution in [3.63, 3.8) is 0 Å². The second kappa shape index (κ2) is 4.32. The molecule has 0 aliphatic rings. The van der Waals surface area contributed by atoms with Crippen LogP contribution in [0.25, 0.3) is 0 Å². The third-order valence-corrected chi connectivity index (χ3v) is 0.870. The van der Waals surface area contributed by atoms with Gasteiger partial charge in [0.25, 0.3) is 0 Å². The Hall–Kier alpha value is 0.475. The van der Waals surface area contributed by atoms with E-state index in [4.69, 9.17) is 7.85 Å². The molecule has 0 aromatic heterocycles. The summed E-state index contributed by atoms with van der Waals surface area (Å²) in [5, 5.41) is 0. The molecule has 0 bridgehead atoms. The molecular weight excluding hydrogens is 142 g/mol. The van der Waals surface area contributed by atoms with E-state index in [1.165, 1.54) is 24.3 Å². The van der Waals surface area contributed by atoms with Gasteiger partial charge < -0.3 is 0 Å². The van der Waals surface area contributed by atoms with Gasteiger partial charge >= 0.3 is 0 Å². The summed E-state index contributed by atoms with van der Waals surface area (Å²) in [6.07, 6.45) is 0. The van der Waals surface area contributed by atoms with E-state index in [1.807, 2.05) is 0 Å². The van der Waals surface area contributed by atoms with Gasteiger partial charge in [0.2, 0.25) is 0 Å². The molecule has 0 fully saturated rings. The summed E-state index contributed by atoms with van der Waals surface area (Å²) in [5.41, 5.74) is 0.589. The Morgan fingerprint density at radius 2 is 1.56 bits per heavy atom. The summed E-state index contributed by atoms with van der Waals surface area (Å²) >= 11 is 0. The second-order valence-corrected chi connectivity index (χ2v) is 1.55. The Morgan fingerprint density at radius 1 is 1.11 bits per heavy atom. The van der Waals surface area contributed by atoms with E-state index in [2.05, 4.69) is 0 Å². The van der Waals surface area contributed by atoms with Crippen LogP contribution in [0.1, 0.15) is 0 Å². The fraction of sp³-hybridized carbons (Fsp3) is 0. The third-order valence-electron chi connectivity index (χ3n) is 0.870. The monoisotopic (exact) mass is 146 g/mol. The van der Waals surface area contributed by atoms with E-state index >= 15 is 0 Å². The quantitative estimate of drug-likeness (QED) is 0.460. The van der Waals surface area contributed by atoms with E-state index < -0.39 is 0 Å². The summed E-state index contributed by atoms with van der Waals surface area (Å²) in [7, 11) is 5.26. The van der Waals surface area contributed by atoms with Crippen molar-refractivity contribution in [2.75, 3.05) is 0 Å². The zero-order valence-corrected chi connectivity index (χ0v) is 7.18. The molecule has 0 N–H and O–H groups in total. The zero-order valence-electron chi connectivity index (χ0n) is 4.97. The second-order valence-electron chi connectivity index (χ2n) is 1.55. The molecule has 1 rings (SSSR count). The number of benzene rings is 1. The normalized spacial score (nSPS) is 8.11. The van der Waals surface area contributed by atoms with Gasteiger partial charge in [0.05, 0.1) is 0 Å². The van der Waals surface area contributed by atoms with E-state index in [1.54, 1.807) is 0 Å². The van der Waals surface area contributed by atoms with Crippen molar-refractivity contribution in [3.05, 3.63) is 30.1 Å². The summed E-state index contributed by atoms with van der Waals surface area (Å²) in [5.74, 6) is -0.251. The molecule has 0 atom stereocenters. The minimum absolute atomic E-state index is 0. The van der Waals surface area contributed by atoms with Gasteiger partial charge in [-0.2, -0.15) is 0 Å². The molecule has 0 nitrogen and oxygen atoms in total. The van der Waals surface area contributed by atoms with Gasteiger partial charge in [0.1, 0.15) is 13.7 Å². The third kappa shape index (κ3) is 3.24. The maximum Gasteiger partial charge on any atom is 0.123 e. The van der Waals surface area contributed by atoms with Crippen LogP contribution in [0.5, 0.6) is 0 Å². The smallest absolute Gasteiger partial charge is 0.123 e. The van der Waals surface area contributed by atoms with Crippen LogP contribution in [0.2, 0.25) is 0 Å². The van der Waals surface area contributed by atoms with Gasteiger partial charge in [-0.25, -0.2) is 4.39 Å². The molecule has 40 valence electrons. The zero-order chi connectivity index (χ0) is 5.98. The number of hydrogen-bond donors (Lipinski definition) is 0. The van der Waals surface area contributed by atoms with E-state index in [-0.39, 0.29) is 43.6 Å². The van der Waals surface area contributed by atoms with E-state index in [0.717, 1.165) is 0 Å². The van der Waals surface area contributed by atoms with Gasteiger partial charge in [-0.15, -0.1) is 0 Å². The summed E-state index contributed by atoms with van der Waals surface area (Å²) < 4.78 is 12.0. The average Bonchev–Trinajstić information content (AvgIpc) is 1.77. The van der Waals surface area contributed by atoms with Crippen molar-refractivity contribution in [2.45, 2.75) is 0 Å². The predicted octanol–water partition coefficient (Wildman–Crippen LogP) is 0.239. The van der Waals surface area contributed by atoms with Crippen LogP contribution >= 0.6 is 0 Å². The molecule has 9 heavy (non-hydrogen) atoms. The standard InChI is InChI=1S/C6H4BF.Ca/c7-5-1-3-6(8)4-2-5;/h1-4H;. The molecule has 1 aromatic carbocycles. The predicted molar refractivity (Wildman–Crippen MR) is 37.5 cm³/mol. The van der Waals surface area contributed by atoms with Gasteiger partial charge in [-0.3, -0.25) is 0 Å².